The number of aliphatic hydroxyl groups excluding tert-OH is 3. The van der Waals surface area contributed by atoms with E-state index in [0.29, 0.717) is 22.4 Å². The molecule has 0 amide bonds. The average Bonchev–Trinajstić information content (AvgIpc) is 2.63. The highest BCUT2D eigenvalue weighted by atomic mass is 19.1. The van der Waals surface area contributed by atoms with Crippen LogP contribution in [0.3, 0.4) is 0 Å². The first-order valence-corrected chi connectivity index (χ1v) is 8.72. The molecule has 6 nitrogen and oxygen atoms in total. The van der Waals surface area contributed by atoms with Crippen molar-refractivity contribution in [1.29, 1.82) is 0 Å². The van der Waals surface area contributed by atoms with E-state index in [1.807, 2.05) is 0 Å². The van der Waals surface area contributed by atoms with Gasteiger partial charge in [-0.25, -0.2) is 8.78 Å². The van der Waals surface area contributed by atoms with Gasteiger partial charge in [-0.05, 0) is 54.8 Å². The van der Waals surface area contributed by atoms with Crippen molar-refractivity contribution in [3.05, 3.63) is 53.6 Å². The lowest BCUT2D eigenvalue weighted by Gasteiger charge is -2.45. The standard InChI is InChI=1S/C20H22F2O6/c1-10-5-11(12-6-13(21)8-14(22)7-12)3-4-15(10)27-19-20(2,26)18(25)17(24)16(9-23)28-19/h3-8,16-19,23-26H,9H2,1-2H3. The van der Waals surface area contributed by atoms with Gasteiger partial charge in [0.05, 0.1) is 6.61 Å². The van der Waals surface area contributed by atoms with E-state index in [1.165, 1.54) is 25.1 Å². The number of halogens is 2. The van der Waals surface area contributed by atoms with E-state index >= 15 is 0 Å². The highest BCUT2D eigenvalue weighted by Gasteiger charge is 2.53. The first-order chi connectivity index (χ1) is 13.1. The molecule has 1 fully saturated rings. The molecule has 8 heteroatoms. The Morgan fingerprint density at radius 1 is 1.07 bits per heavy atom. The zero-order valence-electron chi connectivity index (χ0n) is 15.3. The number of aryl methyl sites for hydroxylation is 1. The summed E-state index contributed by atoms with van der Waals surface area (Å²) in [4.78, 5) is 0. The van der Waals surface area contributed by atoms with Gasteiger partial charge >= 0.3 is 0 Å². The highest BCUT2D eigenvalue weighted by Crippen LogP contribution is 2.34. The van der Waals surface area contributed by atoms with E-state index in [-0.39, 0.29) is 0 Å². The van der Waals surface area contributed by atoms with Gasteiger partial charge in [0.2, 0.25) is 6.29 Å². The van der Waals surface area contributed by atoms with Crippen LogP contribution >= 0.6 is 0 Å². The third-order valence-electron chi connectivity index (χ3n) is 4.86. The molecule has 2 aromatic rings. The normalized spacial score (nSPS) is 30.3. The largest absolute Gasteiger partial charge is 0.461 e. The second-order valence-electron chi connectivity index (χ2n) is 7.11. The van der Waals surface area contributed by atoms with Gasteiger partial charge in [0.25, 0.3) is 0 Å². The fourth-order valence-electron chi connectivity index (χ4n) is 3.16. The minimum Gasteiger partial charge on any atom is -0.461 e. The average molecular weight is 396 g/mol. The predicted octanol–water partition coefficient (Wildman–Crippen LogP) is 1.51. The van der Waals surface area contributed by atoms with Gasteiger partial charge in [0.15, 0.2) is 5.60 Å². The van der Waals surface area contributed by atoms with Gasteiger partial charge in [-0.1, -0.05) is 6.07 Å². The summed E-state index contributed by atoms with van der Waals surface area (Å²) in [5, 5.41) is 39.8. The zero-order chi connectivity index (χ0) is 20.6. The summed E-state index contributed by atoms with van der Waals surface area (Å²) in [5.74, 6) is -1.09. The highest BCUT2D eigenvalue weighted by molar-refractivity contribution is 5.65. The Hall–Kier alpha value is -2.10. The Labute approximate surface area is 160 Å². The molecule has 152 valence electrons. The Morgan fingerprint density at radius 3 is 2.29 bits per heavy atom. The number of hydrogen-bond acceptors (Lipinski definition) is 6. The molecule has 2 aromatic carbocycles. The van der Waals surface area contributed by atoms with Crippen LogP contribution in [0.15, 0.2) is 36.4 Å². The van der Waals surface area contributed by atoms with E-state index in [9.17, 15) is 29.2 Å². The van der Waals surface area contributed by atoms with E-state index in [4.69, 9.17) is 9.47 Å². The number of rotatable bonds is 4. The van der Waals surface area contributed by atoms with E-state index in [0.717, 1.165) is 6.07 Å². The van der Waals surface area contributed by atoms with Crippen LogP contribution in [0.4, 0.5) is 8.78 Å². The Kier molecular flexibility index (Phi) is 5.69. The second-order valence-corrected chi connectivity index (χ2v) is 7.11. The van der Waals surface area contributed by atoms with Crippen LogP contribution in [0, 0.1) is 18.6 Å². The van der Waals surface area contributed by atoms with Crippen molar-refractivity contribution in [3.63, 3.8) is 0 Å². The van der Waals surface area contributed by atoms with Gasteiger partial charge in [0, 0.05) is 6.07 Å². The predicted molar refractivity (Wildman–Crippen MR) is 95.5 cm³/mol. The van der Waals surface area contributed by atoms with Crippen molar-refractivity contribution in [3.8, 4) is 16.9 Å². The lowest BCUT2D eigenvalue weighted by molar-refractivity contribution is -0.314. The first kappa shape index (κ1) is 20.6. The van der Waals surface area contributed by atoms with Crippen molar-refractivity contribution >= 4 is 0 Å². The van der Waals surface area contributed by atoms with Gasteiger partial charge in [0.1, 0.15) is 35.7 Å². The van der Waals surface area contributed by atoms with E-state index in [2.05, 4.69) is 0 Å². The smallest absolute Gasteiger partial charge is 0.231 e. The number of hydrogen-bond donors (Lipinski definition) is 4. The van der Waals surface area contributed by atoms with E-state index in [1.54, 1.807) is 19.1 Å². The molecule has 5 atom stereocenters. The zero-order valence-corrected chi connectivity index (χ0v) is 15.3. The minimum absolute atomic E-state index is 0.297. The maximum absolute atomic E-state index is 13.5. The maximum atomic E-state index is 13.5. The summed E-state index contributed by atoms with van der Waals surface area (Å²) >= 11 is 0. The third kappa shape index (κ3) is 3.87. The fourth-order valence-corrected chi connectivity index (χ4v) is 3.16. The fraction of sp³-hybridized carbons (Fsp3) is 0.400. The van der Waals surface area contributed by atoms with Crippen molar-refractivity contribution in [2.75, 3.05) is 6.61 Å². The molecule has 5 unspecified atom stereocenters. The summed E-state index contributed by atoms with van der Waals surface area (Å²) in [6, 6.07) is 7.97. The number of benzene rings is 2. The van der Waals surface area contributed by atoms with Crippen molar-refractivity contribution in [2.45, 2.75) is 44.1 Å². The van der Waals surface area contributed by atoms with Gasteiger partial charge in [-0.15, -0.1) is 0 Å². The van der Waals surface area contributed by atoms with Crippen LogP contribution in [0.1, 0.15) is 12.5 Å². The maximum Gasteiger partial charge on any atom is 0.231 e. The molecule has 0 aliphatic carbocycles. The van der Waals surface area contributed by atoms with Crippen molar-refractivity contribution in [2.24, 2.45) is 0 Å². The molecule has 4 N–H and O–H groups in total. The lowest BCUT2D eigenvalue weighted by Crippen LogP contribution is -2.66. The molecular weight excluding hydrogens is 374 g/mol. The number of ether oxygens (including phenoxy) is 2. The van der Waals surface area contributed by atoms with Crippen LogP contribution in [-0.2, 0) is 4.74 Å². The topological polar surface area (TPSA) is 99.4 Å². The molecule has 1 aliphatic rings. The SMILES string of the molecule is Cc1cc(-c2cc(F)cc(F)c2)ccc1OC1OC(CO)C(O)C(O)C1(C)O. The van der Waals surface area contributed by atoms with Crippen molar-refractivity contribution < 1.29 is 38.7 Å². The molecular formula is C20H22F2O6. The van der Waals surface area contributed by atoms with Crippen LogP contribution in [-0.4, -0.2) is 57.2 Å². The summed E-state index contributed by atoms with van der Waals surface area (Å²) in [5.41, 5.74) is -0.444. The van der Waals surface area contributed by atoms with E-state index < -0.39 is 48.4 Å². The van der Waals surface area contributed by atoms with Crippen molar-refractivity contribution in [1.82, 2.24) is 0 Å². The minimum atomic E-state index is -1.94. The summed E-state index contributed by atoms with van der Waals surface area (Å²) in [6.07, 6.45) is -5.57. The monoisotopic (exact) mass is 396 g/mol. The summed E-state index contributed by atoms with van der Waals surface area (Å²) in [6.45, 7) is 2.37. The van der Waals surface area contributed by atoms with Crippen LogP contribution in [0.25, 0.3) is 11.1 Å². The molecule has 0 saturated carbocycles. The molecule has 1 aliphatic heterocycles. The van der Waals surface area contributed by atoms with Crippen LogP contribution in [0.2, 0.25) is 0 Å². The summed E-state index contributed by atoms with van der Waals surface area (Å²) < 4.78 is 38.0. The first-order valence-electron chi connectivity index (χ1n) is 8.72. The molecule has 0 spiro atoms. The summed E-state index contributed by atoms with van der Waals surface area (Å²) in [7, 11) is 0. The molecule has 0 radical (unpaired) electrons. The molecule has 1 heterocycles. The molecule has 1 saturated heterocycles. The van der Waals surface area contributed by atoms with Gasteiger partial charge in [-0.3, -0.25) is 0 Å². The van der Waals surface area contributed by atoms with Crippen LogP contribution < -0.4 is 4.74 Å². The molecule has 0 bridgehead atoms. The Bertz CT molecular complexity index is 836. The Balaban J connectivity index is 1.86. The quantitative estimate of drug-likeness (QED) is 0.625. The van der Waals surface area contributed by atoms with Gasteiger partial charge in [-0.2, -0.15) is 0 Å². The Morgan fingerprint density at radius 2 is 1.71 bits per heavy atom. The van der Waals surface area contributed by atoms with Crippen LogP contribution in [0.5, 0.6) is 5.75 Å². The lowest BCUT2D eigenvalue weighted by atomic mass is 9.88. The molecule has 28 heavy (non-hydrogen) atoms. The molecule has 0 aromatic heterocycles. The van der Waals surface area contributed by atoms with Gasteiger partial charge < -0.3 is 29.9 Å². The second kappa shape index (κ2) is 7.73. The molecule has 3 rings (SSSR count). The number of aliphatic hydroxyl groups is 4. The third-order valence-corrected chi connectivity index (χ3v) is 4.86.